The number of aliphatic hydroxyl groups excluding tert-OH is 1. The molecule has 3 rings (SSSR count). The van der Waals surface area contributed by atoms with Gasteiger partial charge in [0.25, 0.3) is 11.7 Å². The average Bonchev–Trinajstić information content (AvgIpc) is 2.98. The van der Waals surface area contributed by atoms with Gasteiger partial charge in [0, 0.05) is 12.1 Å². The number of ether oxygens (including phenoxy) is 1. The second-order valence-corrected chi connectivity index (χ2v) is 6.97. The lowest BCUT2D eigenvalue weighted by atomic mass is 9.94. The third-order valence-corrected chi connectivity index (χ3v) is 5.16. The first-order valence-electron chi connectivity index (χ1n) is 9.67. The predicted molar refractivity (Wildman–Crippen MR) is 110 cm³/mol. The van der Waals surface area contributed by atoms with Gasteiger partial charge in [-0.3, -0.25) is 9.59 Å². The highest BCUT2D eigenvalue weighted by Crippen LogP contribution is 2.41. The summed E-state index contributed by atoms with van der Waals surface area (Å²) in [6, 6.07) is 11.2. The number of amides is 1. The van der Waals surface area contributed by atoms with Gasteiger partial charge in [-0.05, 0) is 36.1 Å². The normalized spacial score (nSPS) is 18.3. The van der Waals surface area contributed by atoms with Crippen molar-refractivity contribution in [3.8, 4) is 11.5 Å². The second-order valence-electron chi connectivity index (χ2n) is 6.97. The summed E-state index contributed by atoms with van der Waals surface area (Å²) >= 11 is 0. The van der Waals surface area contributed by atoms with E-state index in [0.29, 0.717) is 24.1 Å². The van der Waals surface area contributed by atoms with Crippen LogP contribution in [0.5, 0.6) is 11.5 Å². The van der Waals surface area contributed by atoms with Gasteiger partial charge in [-0.2, -0.15) is 0 Å². The van der Waals surface area contributed by atoms with Crippen molar-refractivity contribution in [2.45, 2.75) is 32.7 Å². The number of rotatable bonds is 6. The summed E-state index contributed by atoms with van der Waals surface area (Å²) in [7, 11) is 1.44. The largest absolute Gasteiger partial charge is 0.507 e. The molecule has 0 aliphatic carbocycles. The molecule has 1 amide bonds. The minimum absolute atomic E-state index is 0.0252. The van der Waals surface area contributed by atoms with Crippen LogP contribution in [-0.2, 0) is 16.0 Å². The van der Waals surface area contributed by atoms with E-state index in [1.54, 1.807) is 24.3 Å². The number of hydrogen-bond donors (Lipinski definition) is 2. The zero-order chi connectivity index (χ0) is 21.1. The Morgan fingerprint density at radius 3 is 2.34 bits per heavy atom. The number of carbonyl (C=O) groups excluding carboxylic acids is 2. The zero-order valence-corrected chi connectivity index (χ0v) is 16.8. The molecule has 29 heavy (non-hydrogen) atoms. The molecular weight excluding hydrogens is 370 g/mol. The summed E-state index contributed by atoms with van der Waals surface area (Å²) < 4.78 is 5.09. The predicted octanol–water partition coefficient (Wildman–Crippen LogP) is 3.79. The number of aliphatic hydroxyl groups is 1. The molecule has 6 heteroatoms. The first-order valence-corrected chi connectivity index (χ1v) is 9.67. The number of phenolic OH excluding ortho intramolecular Hbond substituents is 1. The molecule has 1 unspecified atom stereocenters. The molecule has 1 aliphatic rings. The summed E-state index contributed by atoms with van der Waals surface area (Å²) in [5.41, 5.74) is 2.13. The number of aromatic hydroxyl groups is 1. The molecule has 152 valence electrons. The van der Waals surface area contributed by atoms with Crippen molar-refractivity contribution in [3.63, 3.8) is 0 Å². The molecule has 2 aromatic carbocycles. The van der Waals surface area contributed by atoms with E-state index < -0.39 is 17.7 Å². The summed E-state index contributed by atoms with van der Waals surface area (Å²) in [6.45, 7) is 4.29. The van der Waals surface area contributed by atoms with Gasteiger partial charge in [-0.15, -0.1) is 0 Å². The Hall–Kier alpha value is -3.28. The Morgan fingerprint density at radius 2 is 1.79 bits per heavy atom. The highest BCUT2D eigenvalue weighted by atomic mass is 16.5. The fourth-order valence-electron chi connectivity index (χ4n) is 3.63. The van der Waals surface area contributed by atoms with Crippen LogP contribution in [0, 0.1) is 0 Å². The van der Waals surface area contributed by atoms with Crippen molar-refractivity contribution < 1.29 is 24.5 Å². The van der Waals surface area contributed by atoms with E-state index in [4.69, 9.17) is 4.74 Å². The number of aryl methyl sites for hydroxylation is 1. The minimum Gasteiger partial charge on any atom is -0.507 e. The van der Waals surface area contributed by atoms with Crippen molar-refractivity contribution in [1.29, 1.82) is 0 Å². The monoisotopic (exact) mass is 395 g/mol. The van der Waals surface area contributed by atoms with Gasteiger partial charge in [0.15, 0.2) is 11.5 Å². The first kappa shape index (κ1) is 20.5. The van der Waals surface area contributed by atoms with E-state index >= 15 is 0 Å². The van der Waals surface area contributed by atoms with Crippen molar-refractivity contribution in [2.24, 2.45) is 0 Å². The van der Waals surface area contributed by atoms with Gasteiger partial charge in [0.2, 0.25) is 0 Å². The van der Waals surface area contributed by atoms with E-state index in [1.807, 2.05) is 26.0 Å². The Kier molecular flexibility index (Phi) is 5.92. The van der Waals surface area contributed by atoms with Crippen molar-refractivity contribution >= 4 is 17.4 Å². The highest BCUT2D eigenvalue weighted by molar-refractivity contribution is 6.46. The third-order valence-electron chi connectivity index (χ3n) is 5.16. The Balaban J connectivity index is 2.16. The molecule has 2 aromatic rings. The summed E-state index contributed by atoms with van der Waals surface area (Å²) in [5.74, 6) is -1.41. The number of ketones is 1. The average molecular weight is 395 g/mol. The molecule has 1 atom stereocenters. The van der Waals surface area contributed by atoms with Crippen molar-refractivity contribution in [1.82, 2.24) is 4.90 Å². The van der Waals surface area contributed by atoms with Crippen LogP contribution in [0.2, 0.25) is 0 Å². The molecule has 1 heterocycles. The summed E-state index contributed by atoms with van der Waals surface area (Å²) in [5, 5.41) is 21.2. The maximum absolute atomic E-state index is 12.8. The lowest BCUT2D eigenvalue weighted by molar-refractivity contribution is -0.139. The smallest absolute Gasteiger partial charge is 0.295 e. The van der Waals surface area contributed by atoms with Gasteiger partial charge in [0.05, 0.1) is 18.7 Å². The summed E-state index contributed by atoms with van der Waals surface area (Å²) in [6.07, 6.45) is 1.50. The van der Waals surface area contributed by atoms with Crippen LogP contribution in [0.4, 0.5) is 0 Å². The SMILES string of the molecule is CCCN1C(=O)C(=O)/C(=C(\O)c2ccc(CC)cc2)C1c1ccc(OC)c(O)c1. The van der Waals surface area contributed by atoms with Crippen LogP contribution in [0.25, 0.3) is 5.76 Å². The Labute approximate surface area is 170 Å². The number of methoxy groups -OCH3 is 1. The van der Waals surface area contributed by atoms with E-state index in [1.165, 1.54) is 18.1 Å². The fraction of sp³-hybridized carbons (Fsp3) is 0.304. The molecular formula is C23H25NO5. The molecule has 1 aliphatic heterocycles. The van der Waals surface area contributed by atoms with Gasteiger partial charge in [0.1, 0.15) is 5.76 Å². The molecule has 6 nitrogen and oxygen atoms in total. The minimum atomic E-state index is -0.780. The van der Waals surface area contributed by atoms with Gasteiger partial charge in [-0.25, -0.2) is 0 Å². The van der Waals surface area contributed by atoms with Gasteiger partial charge < -0.3 is 19.8 Å². The van der Waals surface area contributed by atoms with Gasteiger partial charge in [-0.1, -0.05) is 44.2 Å². The molecule has 1 saturated heterocycles. The maximum atomic E-state index is 12.8. The highest BCUT2D eigenvalue weighted by Gasteiger charge is 2.45. The number of benzene rings is 2. The molecule has 0 bridgehead atoms. The lowest BCUT2D eigenvalue weighted by Crippen LogP contribution is -2.30. The topological polar surface area (TPSA) is 87.1 Å². The number of phenols is 1. The lowest BCUT2D eigenvalue weighted by Gasteiger charge is -2.25. The quantitative estimate of drug-likeness (QED) is 0.441. The Morgan fingerprint density at radius 1 is 1.10 bits per heavy atom. The number of Topliss-reactive ketones (excluding diaryl/α,β-unsaturated/α-hetero) is 1. The van der Waals surface area contributed by atoms with E-state index in [0.717, 1.165) is 12.0 Å². The number of nitrogens with zero attached hydrogens (tertiary/aromatic N) is 1. The molecule has 0 saturated carbocycles. The second kappa shape index (κ2) is 8.39. The fourth-order valence-corrected chi connectivity index (χ4v) is 3.63. The van der Waals surface area contributed by atoms with Crippen LogP contribution in [0.1, 0.15) is 43.0 Å². The van der Waals surface area contributed by atoms with Crippen LogP contribution < -0.4 is 4.74 Å². The van der Waals surface area contributed by atoms with Gasteiger partial charge >= 0.3 is 0 Å². The standard InChI is InChI=1S/C23H25NO5/c1-4-12-24-20(16-10-11-18(29-3)17(25)13-16)19(22(27)23(24)28)21(26)15-8-6-14(5-2)7-9-15/h6-11,13,20,25-26H,4-5,12H2,1-3H3/b21-19-. The first-order chi connectivity index (χ1) is 13.9. The van der Waals surface area contributed by atoms with Crippen LogP contribution in [-0.4, -0.2) is 40.5 Å². The van der Waals surface area contributed by atoms with Crippen LogP contribution >= 0.6 is 0 Å². The van der Waals surface area contributed by atoms with E-state index in [-0.39, 0.29) is 22.8 Å². The number of carbonyl (C=O) groups is 2. The van der Waals surface area contributed by atoms with Crippen molar-refractivity contribution in [3.05, 3.63) is 64.7 Å². The van der Waals surface area contributed by atoms with Crippen molar-refractivity contribution in [2.75, 3.05) is 13.7 Å². The molecule has 1 fully saturated rings. The number of likely N-dealkylation sites (tertiary alicyclic amines) is 1. The third kappa shape index (κ3) is 3.70. The molecule has 0 spiro atoms. The summed E-state index contributed by atoms with van der Waals surface area (Å²) in [4.78, 5) is 26.9. The van der Waals surface area contributed by atoms with Crippen LogP contribution in [0.3, 0.4) is 0 Å². The zero-order valence-electron chi connectivity index (χ0n) is 16.8. The van der Waals surface area contributed by atoms with E-state index in [2.05, 4.69) is 0 Å². The molecule has 2 N–H and O–H groups in total. The van der Waals surface area contributed by atoms with E-state index in [9.17, 15) is 19.8 Å². The number of hydrogen-bond acceptors (Lipinski definition) is 5. The van der Waals surface area contributed by atoms with Crippen LogP contribution in [0.15, 0.2) is 48.0 Å². The molecule has 0 aromatic heterocycles. The Bertz CT molecular complexity index is 962. The molecule has 0 radical (unpaired) electrons. The maximum Gasteiger partial charge on any atom is 0.295 e.